The van der Waals surface area contributed by atoms with Crippen LogP contribution in [0.25, 0.3) is 10.9 Å². The van der Waals surface area contributed by atoms with E-state index in [0.717, 1.165) is 22.3 Å². The third kappa shape index (κ3) is 3.51. The number of para-hydroxylation sites is 1. The van der Waals surface area contributed by atoms with Crippen molar-refractivity contribution in [3.05, 3.63) is 48.5 Å². The summed E-state index contributed by atoms with van der Waals surface area (Å²) in [4.78, 5) is 22.0. The molecule has 7 heteroatoms. The van der Waals surface area contributed by atoms with E-state index in [2.05, 4.69) is 15.3 Å². The first-order valence-corrected chi connectivity index (χ1v) is 8.13. The molecule has 1 atom stereocenters. The summed E-state index contributed by atoms with van der Waals surface area (Å²) in [5.74, 6) is 0.758. The molecule has 0 aliphatic carbocycles. The third-order valence-electron chi connectivity index (χ3n) is 4.08. The van der Waals surface area contributed by atoms with Crippen LogP contribution < -0.4 is 15.0 Å². The van der Waals surface area contributed by atoms with Gasteiger partial charge in [0.2, 0.25) is 5.95 Å². The van der Waals surface area contributed by atoms with E-state index in [0.29, 0.717) is 5.82 Å². The molecule has 0 amide bonds. The van der Waals surface area contributed by atoms with Crippen molar-refractivity contribution in [2.24, 2.45) is 0 Å². The molecule has 0 spiro atoms. The van der Waals surface area contributed by atoms with Crippen LogP contribution in [-0.4, -0.2) is 41.2 Å². The molecule has 0 aliphatic rings. The van der Waals surface area contributed by atoms with Crippen molar-refractivity contribution >= 4 is 34.3 Å². The maximum atomic E-state index is 11.1. The number of anilines is 3. The van der Waals surface area contributed by atoms with E-state index in [4.69, 9.17) is 9.84 Å². The highest BCUT2D eigenvalue weighted by Gasteiger charge is 2.16. The molecule has 0 radical (unpaired) electrons. The number of carboxylic acid groups (broad SMARTS) is 1. The lowest BCUT2D eigenvalue weighted by atomic mass is 10.2. The van der Waals surface area contributed by atoms with E-state index >= 15 is 0 Å². The molecule has 2 aromatic carbocycles. The van der Waals surface area contributed by atoms with Gasteiger partial charge in [0.1, 0.15) is 17.6 Å². The number of carboxylic acids is 1. The summed E-state index contributed by atoms with van der Waals surface area (Å²) in [5, 5.41) is 12.8. The number of nitrogens with one attached hydrogen (secondary N) is 1. The van der Waals surface area contributed by atoms with Crippen LogP contribution >= 0.6 is 0 Å². The van der Waals surface area contributed by atoms with Gasteiger partial charge in [-0.15, -0.1) is 0 Å². The minimum atomic E-state index is -0.966. The van der Waals surface area contributed by atoms with E-state index in [1.165, 1.54) is 0 Å². The average molecular weight is 352 g/mol. The van der Waals surface area contributed by atoms with Crippen LogP contribution in [0.4, 0.5) is 17.5 Å². The van der Waals surface area contributed by atoms with Crippen molar-refractivity contribution in [1.29, 1.82) is 0 Å². The van der Waals surface area contributed by atoms with Crippen molar-refractivity contribution in [2.45, 2.75) is 13.0 Å². The van der Waals surface area contributed by atoms with E-state index < -0.39 is 12.0 Å². The largest absolute Gasteiger partial charge is 0.497 e. The first-order chi connectivity index (χ1) is 12.5. The van der Waals surface area contributed by atoms with Gasteiger partial charge in [-0.2, -0.15) is 4.98 Å². The highest BCUT2D eigenvalue weighted by Crippen LogP contribution is 2.30. The van der Waals surface area contributed by atoms with Gasteiger partial charge in [0.25, 0.3) is 0 Å². The lowest BCUT2D eigenvalue weighted by Gasteiger charge is -2.21. The molecule has 0 bridgehead atoms. The number of methoxy groups -OCH3 is 1. The van der Waals surface area contributed by atoms with E-state index in [9.17, 15) is 4.79 Å². The molecule has 3 aromatic rings. The molecule has 1 heterocycles. The molecule has 26 heavy (non-hydrogen) atoms. The highest BCUT2D eigenvalue weighted by atomic mass is 16.5. The van der Waals surface area contributed by atoms with Crippen molar-refractivity contribution in [1.82, 2.24) is 9.97 Å². The predicted molar refractivity (Wildman–Crippen MR) is 101 cm³/mol. The molecule has 3 rings (SSSR count). The number of aromatic nitrogens is 2. The van der Waals surface area contributed by atoms with Crippen LogP contribution in [0.5, 0.6) is 5.75 Å². The van der Waals surface area contributed by atoms with Crippen molar-refractivity contribution in [3.8, 4) is 5.75 Å². The Morgan fingerprint density at radius 1 is 1.15 bits per heavy atom. The lowest BCUT2D eigenvalue weighted by Crippen LogP contribution is -2.27. The summed E-state index contributed by atoms with van der Waals surface area (Å²) in [7, 11) is 3.53. The molecule has 7 nitrogen and oxygen atoms in total. The Balaban J connectivity index is 2.05. The Labute approximate surface area is 151 Å². The second-order valence-corrected chi connectivity index (χ2v) is 5.85. The Kier molecular flexibility index (Phi) is 4.88. The minimum absolute atomic E-state index is 0.272. The van der Waals surface area contributed by atoms with Crippen LogP contribution in [0.3, 0.4) is 0 Å². The van der Waals surface area contributed by atoms with Gasteiger partial charge in [0.15, 0.2) is 0 Å². The molecule has 2 N–H and O–H groups in total. The summed E-state index contributed by atoms with van der Waals surface area (Å²) < 4.78 is 5.20. The number of carbonyl (C=O) groups is 1. The van der Waals surface area contributed by atoms with Crippen molar-refractivity contribution in [2.75, 3.05) is 24.4 Å². The first-order valence-electron chi connectivity index (χ1n) is 8.13. The lowest BCUT2D eigenvalue weighted by molar-refractivity contribution is -0.137. The first kappa shape index (κ1) is 17.5. The molecule has 0 saturated carbocycles. The van der Waals surface area contributed by atoms with Gasteiger partial charge in [-0.1, -0.05) is 12.1 Å². The predicted octanol–water partition coefficient (Wildman–Crippen LogP) is 3.29. The number of hydrogen-bond donors (Lipinski definition) is 2. The highest BCUT2D eigenvalue weighted by molar-refractivity contribution is 5.92. The SMILES string of the molecule is COc1ccc(N(C)c2nc(NC(C)C(=O)O)nc3ccccc23)cc1. The van der Waals surface area contributed by atoms with E-state index in [1.807, 2.05) is 60.5 Å². The third-order valence-corrected chi connectivity index (χ3v) is 4.08. The standard InChI is InChI=1S/C19H20N4O3/c1-12(18(24)25)20-19-21-16-7-5-4-6-15(16)17(22-19)23(2)13-8-10-14(26-3)11-9-13/h4-12H,1-3H3,(H,24,25)(H,20,21,22). The van der Waals surface area contributed by atoms with Crippen molar-refractivity contribution < 1.29 is 14.6 Å². The van der Waals surface area contributed by atoms with Gasteiger partial charge in [0.05, 0.1) is 12.6 Å². The van der Waals surface area contributed by atoms with Crippen LogP contribution in [-0.2, 0) is 4.79 Å². The fraction of sp³-hybridized carbons (Fsp3) is 0.211. The molecule has 1 unspecified atom stereocenters. The molecule has 1 aromatic heterocycles. The second-order valence-electron chi connectivity index (χ2n) is 5.85. The molecule has 134 valence electrons. The Bertz CT molecular complexity index is 928. The Morgan fingerprint density at radius 3 is 2.50 bits per heavy atom. The molecule has 0 saturated heterocycles. The number of benzene rings is 2. The Hall–Kier alpha value is -3.35. The monoisotopic (exact) mass is 352 g/mol. The number of rotatable bonds is 6. The molecular weight excluding hydrogens is 332 g/mol. The normalized spacial score (nSPS) is 11.8. The number of ether oxygens (including phenoxy) is 1. The van der Waals surface area contributed by atoms with Gasteiger partial charge in [-0.25, -0.2) is 4.98 Å². The second kappa shape index (κ2) is 7.26. The van der Waals surface area contributed by atoms with E-state index in [1.54, 1.807) is 14.0 Å². The summed E-state index contributed by atoms with van der Waals surface area (Å²) in [6, 6.07) is 14.4. The number of fused-ring (bicyclic) bond motifs is 1. The van der Waals surface area contributed by atoms with Gasteiger partial charge in [0, 0.05) is 18.1 Å². The summed E-state index contributed by atoms with van der Waals surface area (Å²) in [6.45, 7) is 1.55. The van der Waals surface area contributed by atoms with Crippen LogP contribution in [0.1, 0.15) is 6.92 Å². The van der Waals surface area contributed by atoms with E-state index in [-0.39, 0.29) is 5.95 Å². The maximum Gasteiger partial charge on any atom is 0.325 e. The molecular formula is C19H20N4O3. The van der Waals surface area contributed by atoms with Crippen LogP contribution in [0.2, 0.25) is 0 Å². The minimum Gasteiger partial charge on any atom is -0.497 e. The van der Waals surface area contributed by atoms with Crippen LogP contribution in [0.15, 0.2) is 48.5 Å². The van der Waals surface area contributed by atoms with Gasteiger partial charge in [-0.05, 0) is 43.3 Å². The van der Waals surface area contributed by atoms with Gasteiger partial charge >= 0.3 is 5.97 Å². The Morgan fingerprint density at radius 2 is 1.85 bits per heavy atom. The molecule has 0 fully saturated rings. The van der Waals surface area contributed by atoms with Crippen LogP contribution in [0, 0.1) is 0 Å². The van der Waals surface area contributed by atoms with Gasteiger partial charge < -0.3 is 20.1 Å². The smallest absolute Gasteiger partial charge is 0.325 e. The number of hydrogen-bond acceptors (Lipinski definition) is 6. The zero-order valence-electron chi connectivity index (χ0n) is 14.8. The molecule has 0 aliphatic heterocycles. The number of aliphatic carboxylic acids is 1. The topological polar surface area (TPSA) is 87.6 Å². The fourth-order valence-electron chi connectivity index (χ4n) is 2.56. The fourth-order valence-corrected chi connectivity index (χ4v) is 2.56. The summed E-state index contributed by atoms with van der Waals surface area (Å²) >= 11 is 0. The zero-order valence-corrected chi connectivity index (χ0v) is 14.8. The average Bonchev–Trinajstić information content (AvgIpc) is 2.66. The maximum absolute atomic E-state index is 11.1. The summed E-state index contributed by atoms with van der Waals surface area (Å²) in [6.07, 6.45) is 0. The quantitative estimate of drug-likeness (QED) is 0.704. The number of nitrogens with zero attached hydrogens (tertiary/aromatic N) is 3. The van der Waals surface area contributed by atoms with Gasteiger partial charge in [-0.3, -0.25) is 4.79 Å². The van der Waals surface area contributed by atoms with Crippen molar-refractivity contribution in [3.63, 3.8) is 0 Å². The summed E-state index contributed by atoms with van der Waals surface area (Å²) in [5.41, 5.74) is 1.66. The zero-order chi connectivity index (χ0) is 18.7.